The topological polar surface area (TPSA) is 187 Å². The zero-order valence-corrected chi connectivity index (χ0v) is 26.8. The fraction of sp³-hybridized carbons (Fsp3) is 0.419. The number of rotatable bonds is 14. The number of hydrogen-bond donors (Lipinski definition) is 3. The molecule has 0 unspecified atom stereocenters. The van der Waals surface area contributed by atoms with Crippen molar-refractivity contribution in [1.82, 2.24) is 35.6 Å². The molecule has 1 fully saturated rings. The van der Waals surface area contributed by atoms with Crippen LogP contribution in [-0.2, 0) is 36.8 Å². The SMILES string of the molecule is CCCCc1nc(Cl)c(C(=O)O[C@@H](C)OC(=O)[C@@H]2C[C@H](OC)[C@@H](ON(O)O)C2)n1Cc1ccc(-c2ccccc2-c2nnn[nH]2)cc1. The van der Waals surface area contributed by atoms with Crippen molar-refractivity contribution in [3.8, 4) is 22.5 Å². The molecule has 2 heterocycles. The summed E-state index contributed by atoms with van der Waals surface area (Å²) in [5.74, 6) is -0.935. The molecule has 1 aliphatic carbocycles. The van der Waals surface area contributed by atoms with Gasteiger partial charge in [0, 0.05) is 32.6 Å². The number of methoxy groups -OCH3 is 1. The number of aromatic nitrogens is 6. The molecule has 0 aliphatic heterocycles. The maximum absolute atomic E-state index is 13.5. The first-order valence-electron chi connectivity index (χ1n) is 15.1. The Bertz CT molecular complexity index is 1650. The molecule has 4 atom stereocenters. The fourth-order valence-corrected chi connectivity index (χ4v) is 5.94. The van der Waals surface area contributed by atoms with Crippen LogP contribution in [0.2, 0.25) is 5.15 Å². The number of esters is 2. The van der Waals surface area contributed by atoms with Crippen LogP contribution in [0.15, 0.2) is 48.5 Å². The highest BCUT2D eigenvalue weighted by atomic mass is 35.5. The average molecular weight is 670 g/mol. The van der Waals surface area contributed by atoms with Gasteiger partial charge in [-0.2, -0.15) is 0 Å². The number of hydrogen-bond acceptors (Lipinski definition) is 13. The number of benzene rings is 2. The van der Waals surface area contributed by atoms with Gasteiger partial charge in [-0.15, -0.1) is 5.10 Å². The zero-order chi connectivity index (χ0) is 33.5. The third-order valence-electron chi connectivity index (χ3n) is 7.95. The minimum absolute atomic E-state index is 0.0119. The third-order valence-corrected chi connectivity index (χ3v) is 8.22. The first-order chi connectivity index (χ1) is 22.7. The number of halogens is 1. The normalized spacial score (nSPS) is 18.4. The summed E-state index contributed by atoms with van der Waals surface area (Å²) in [5, 5.41) is 31.8. The van der Waals surface area contributed by atoms with Crippen LogP contribution < -0.4 is 0 Å². The Balaban J connectivity index is 1.30. The lowest BCUT2D eigenvalue weighted by Crippen LogP contribution is -2.31. The molecule has 250 valence electrons. The number of carbonyl (C=O) groups excluding carboxylic acids is 2. The first-order valence-corrected chi connectivity index (χ1v) is 15.5. The molecule has 16 heteroatoms. The molecule has 0 bridgehead atoms. The van der Waals surface area contributed by atoms with Crippen LogP contribution in [0.4, 0.5) is 0 Å². The van der Waals surface area contributed by atoms with Crippen LogP contribution in [0.25, 0.3) is 22.5 Å². The Morgan fingerprint density at radius 2 is 1.81 bits per heavy atom. The van der Waals surface area contributed by atoms with Gasteiger partial charge in [-0.1, -0.05) is 73.5 Å². The molecule has 0 amide bonds. The second kappa shape index (κ2) is 15.6. The van der Waals surface area contributed by atoms with E-state index in [4.69, 9.17) is 41.1 Å². The smallest absolute Gasteiger partial charge is 0.361 e. The van der Waals surface area contributed by atoms with Crippen LogP contribution in [0, 0.1) is 5.92 Å². The van der Waals surface area contributed by atoms with E-state index in [-0.39, 0.29) is 23.7 Å². The number of ether oxygens (including phenoxy) is 3. The van der Waals surface area contributed by atoms with Crippen LogP contribution in [0.3, 0.4) is 0 Å². The van der Waals surface area contributed by atoms with E-state index < -0.39 is 41.7 Å². The van der Waals surface area contributed by atoms with Gasteiger partial charge in [0.2, 0.25) is 6.29 Å². The Morgan fingerprint density at radius 1 is 1.09 bits per heavy atom. The Morgan fingerprint density at radius 3 is 2.47 bits per heavy atom. The summed E-state index contributed by atoms with van der Waals surface area (Å²) < 4.78 is 18.0. The van der Waals surface area contributed by atoms with Gasteiger partial charge in [0.1, 0.15) is 11.9 Å². The van der Waals surface area contributed by atoms with E-state index in [1.54, 1.807) is 4.57 Å². The van der Waals surface area contributed by atoms with Gasteiger partial charge in [0.15, 0.2) is 16.7 Å². The van der Waals surface area contributed by atoms with Crippen molar-refractivity contribution in [1.29, 1.82) is 0 Å². The predicted octanol–water partition coefficient (Wildman–Crippen LogP) is 4.63. The number of imidazole rings is 1. The highest BCUT2D eigenvalue weighted by Gasteiger charge is 2.41. The lowest BCUT2D eigenvalue weighted by Gasteiger charge is -2.18. The minimum Gasteiger partial charge on any atom is -0.425 e. The van der Waals surface area contributed by atoms with Crippen molar-refractivity contribution in [2.75, 3.05) is 7.11 Å². The van der Waals surface area contributed by atoms with E-state index in [2.05, 4.69) is 32.5 Å². The van der Waals surface area contributed by atoms with Gasteiger partial charge in [0.05, 0.1) is 17.4 Å². The number of nitrogens with one attached hydrogen (secondary N) is 1. The lowest BCUT2D eigenvalue weighted by molar-refractivity contribution is -0.507. The highest BCUT2D eigenvalue weighted by Crippen LogP contribution is 2.33. The molecular formula is C31H36ClN7O8. The van der Waals surface area contributed by atoms with Gasteiger partial charge in [-0.3, -0.25) is 15.2 Å². The second-order valence-electron chi connectivity index (χ2n) is 11.1. The average Bonchev–Trinajstić information content (AvgIpc) is 3.79. The Kier molecular flexibility index (Phi) is 11.3. The number of tetrazole rings is 1. The molecule has 0 spiro atoms. The highest BCUT2D eigenvalue weighted by molar-refractivity contribution is 6.32. The van der Waals surface area contributed by atoms with E-state index in [1.165, 1.54) is 14.0 Å². The molecule has 1 aliphatic rings. The number of aryl methyl sites for hydroxylation is 1. The Labute approximate surface area is 275 Å². The molecule has 47 heavy (non-hydrogen) atoms. The molecule has 5 rings (SSSR count). The summed E-state index contributed by atoms with van der Waals surface area (Å²) >= 11 is 6.51. The molecule has 4 aromatic rings. The third kappa shape index (κ3) is 8.19. The molecule has 0 saturated heterocycles. The predicted molar refractivity (Wildman–Crippen MR) is 165 cm³/mol. The largest absolute Gasteiger partial charge is 0.425 e. The summed E-state index contributed by atoms with van der Waals surface area (Å²) in [7, 11) is 1.42. The first kappa shape index (κ1) is 34.1. The molecule has 2 aromatic heterocycles. The number of H-pyrrole nitrogens is 1. The van der Waals surface area contributed by atoms with Gasteiger partial charge in [0.25, 0.3) is 0 Å². The molecular weight excluding hydrogens is 634 g/mol. The quantitative estimate of drug-likeness (QED) is 0.0959. The van der Waals surface area contributed by atoms with Crippen LogP contribution in [-0.4, -0.2) is 83.5 Å². The summed E-state index contributed by atoms with van der Waals surface area (Å²) in [5.41, 5.74) is 3.69. The fourth-order valence-electron chi connectivity index (χ4n) is 5.67. The van der Waals surface area contributed by atoms with Crippen molar-refractivity contribution < 1.29 is 39.1 Å². The van der Waals surface area contributed by atoms with E-state index >= 15 is 0 Å². The number of carbonyl (C=O) groups is 2. The van der Waals surface area contributed by atoms with Crippen molar-refractivity contribution in [3.63, 3.8) is 0 Å². The molecule has 1 saturated carbocycles. The molecule has 2 aromatic carbocycles. The zero-order valence-electron chi connectivity index (χ0n) is 26.1. The lowest BCUT2D eigenvalue weighted by atomic mass is 9.98. The van der Waals surface area contributed by atoms with Gasteiger partial charge < -0.3 is 18.8 Å². The van der Waals surface area contributed by atoms with Crippen molar-refractivity contribution in [2.24, 2.45) is 5.92 Å². The van der Waals surface area contributed by atoms with Crippen LogP contribution in [0.5, 0.6) is 0 Å². The monoisotopic (exact) mass is 669 g/mol. The van der Waals surface area contributed by atoms with E-state index in [9.17, 15) is 9.59 Å². The maximum atomic E-state index is 13.5. The van der Waals surface area contributed by atoms with Crippen molar-refractivity contribution in [2.45, 2.75) is 71.0 Å². The summed E-state index contributed by atoms with van der Waals surface area (Å²) in [6.45, 7) is 3.77. The van der Waals surface area contributed by atoms with Crippen molar-refractivity contribution >= 4 is 23.5 Å². The van der Waals surface area contributed by atoms with Crippen molar-refractivity contribution in [3.05, 3.63) is 70.8 Å². The standard InChI is InChI=1S/C31H36ClN7O8/c1-4-5-10-26-33-28(32)27(31(41)46-18(2)45-30(40)21-15-24(44-3)25(16-21)47-39(42)43)38(26)17-19-11-13-20(14-12-19)22-8-6-7-9-23(22)29-34-36-37-35-29/h6-9,11-14,18,21,24-25,42-43H,4-5,10,15-17H2,1-3H3,(H,34,35,36,37)/t18-,21+,24-,25-/m0/s1. The second-order valence-corrected chi connectivity index (χ2v) is 11.5. The maximum Gasteiger partial charge on any atom is 0.361 e. The minimum atomic E-state index is -1.25. The molecule has 3 N–H and O–H groups in total. The molecule has 0 radical (unpaired) electrons. The number of nitrogens with zero attached hydrogens (tertiary/aromatic N) is 6. The number of aromatic amines is 1. The van der Waals surface area contributed by atoms with E-state index in [0.717, 1.165) is 35.1 Å². The number of unbranched alkanes of at least 4 members (excludes halogenated alkanes) is 1. The van der Waals surface area contributed by atoms with Crippen LogP contribution in [0.1, 0.15) is 61.4 Å². The van der Waals surface area contributed by atoms with Gasteiger partial charge in [-0.05, 0) is 46.4 Å². The van der Waals surface area contributed by atoms with E-state index in [1.807, 2.05) is 48.5 Å². The summed E-state index contributed by atoms with van der Waals surface area (Å²) in [6.07, 6.45) is 0.0617. The van der Waals surface area contributed by atoms with Crippen LogP contribution >= 0.6 is 11.6 Å². The summed E-state index contributed by atoms with van der Waals surface area (Å²) in [4.78, 5) is 35.7. The Hall–Kier alpha value is -4.25. The van der Waals surface area contributed by atoms with E-state index in [0.29, 0.717) is 24.6 Å². The summed E-state index contributed by atoms with van der Waals surface area (Å²) in [6, 6.07) is 15.7. The van der Waals surface area contributed by atoms with Gasteiger partial charge >= 0.3 is 11.9 Å². The molecule has 15 nitrogen and oxygen atoms in total. The van der Waals surface area contributed by atoms with Gasteiger partial charge in [-0.25, -0.2) is 19.7 Å².